The fourth-order valence-electron chi connectivity index (χ4n) is 4.26. The number of carbonyl (C=O) groups is 1. The second kappa shape index (κ2) is 9.46. The number of anilines is 2. The predicted octanol–water partition coefficient (Wildman–Crippen LogP) is 3.25. The molecule has 2 N–H and O–H groups in total. The van der Waals surface area contributed by atoms with Crippen LogP contribution in [0.3, 0.4) is 0 Å². The predicted molar refractivity (Wildman–Crippen MR) is 124 cm³/mol. The summed E-state index contributed by atoms with van der Waals surface area (Å²) in [7, 11) is 1.85. The van der Waals surface area contributed by atoms with Crippen LogP contribution in [-0.2, 0) is 0 Å². The Morgan fingerprint density at radius 3 is 2.59 bits per heavy atom. The number of aromatic nitrogens is 1. The lowest BCUT2D eigenvalue weighted by Crippen LogP contribution is -2.56. The van der Waals surface area contributed by atoms with Crippen LogP contribution in [0.1, 0.15) is 18.4 Å². The van der Waals surface area contributed by atoms with Gasteiger partial charge in [-0.05, 0) is 37.1 Å². The zero-order valence-corrected chi connectivity index (χ0v) is 18.9. The molecule has 1 aromatic heterocycles. The third-order valence-corrected chi connectivity index (χ3v) is 6.50. The van der Waals surface area contributed by atoms with Gasteiger partial charge in [-0.1, -0.05) is 5.57 Å². The van der Waals surface area contributed by atoms with Crippen LogP contribution in [0.15, 0.2) is 30.0 Å². The lowest BCUT2D eigenvalue weighted by molar-refractivity contribution is 0.165. The Labute approximate surface area is 196 Å². The van der Waals surface area contributed by atoms with E-state index in [4.69, 9.17) is 9.47 Å². The molecule has 5 rings (SSSR count). The zero-order valence-electron chi connectivity index (χ0n) is 18.9. The molecule has 3 aliphatic rings. The van der Waals surface area contributed by atoms with E-state index in [1.165, 1.54) is 12.1 Å². The Kier molecular flexibility index (Phi) is 6.23. The molecule has 2 fully saturated rings. The van der Waals surface area contributed by atoms with E-state index in [0.29, 0.717) is 62.1 Å². The number of benzene rings is 1. The van der Waals surface area contributed by atoms with Crippen molar-refractivity contribution in [3.8, 4) is 11.6 Å². The van der Waals surface area contributed by atoms with Gasteiger partial charge >= 0.3 is 6.03 Å². The SMILES string of the molecule is CN(c1cc(F)c(C=C2CCN(C(=O)Nc3ccnc4c3OCCO4)CC2)c(F)c1)C1CNC1. The van der Waals surface area contributed by atoms with Crippen molar-refractivity contribution in [1.29, 1.82) is 0 Å². The number of likely N-dealkylation sites (N-methyl/N-ethyl adjacent to an activating group) is 1. The van der Waals surface area contributed by atoms with Crippen LogP contribution in [0.25, 0.3) is 6.08 Å². The Morgan fingerprint density at radius 2 is 1.91 bits per heavy atom. The number of piperidine rings is 1. The lowest BCUT2D eigenvalue weighted by atomic mass is 10.00. The molecule has 10 heteroatoms. The molecule has 0 aliphatic carbocycles. The van der Waals surface area contributed by atoms with Crippen LogP contribution < -0.4 is 25.0 Å². The number of halogens is 2. The number of nitrogens with one attached hydrogen (secondary N) is 2. The average Bonchev–Trinajstić information content (AvgIpc) is 2.81. The number of likely N-dealkylation sites (tertiary alicyclic amines) is 1. The highest BCUT2D eigenvalue weighted by molar-refractivity contribution is 5.91. The number of rotatable bonds is 4. The smallest absolute Gasteiger partial charge is 0.321 e. The van der Waals surface area contributed by atoms with Crippen LogP contribution >= 0.6 is 0 Å². The average molecular weight is 472 g/mol. The van der Waals surface area contributed by atoms with Crippen LogP contribution in [0.2, 0.25) is 0 Å². The fraction of sp³-hybridized carbons (Fsp3) is 0.417. The summed E-state index contributed by atoms with van der Waals surface area (Å²) in [6, 6.07) is 4.41. The molecular weight excluding hydrogens is 444 g/mol. The van der Waals surface area contributed by atoms with Gasteiger partial charge in [-0.15, -0.1) is 0 Å². The third kappa shape index (κ3) is 4.50. The van der Waals surface area contributed by atoms with E-state index in [-0.39, 0.29) is 17.6 Å². The normalized spacial score (nSPS) is 17.7. The molecule has 2 aromatic rings. The molecule has 2 amide bonds. The number of urea groups is 1. The van der Waals surface area contributed by atoms with E-state index in [1.54, 1.807) is 23.2 Å². The molecule has 3 aliphatic heterocycles. The summed E-state index contributed by atoms with van der Waals surface area (Å²) in [4.78, 5) is 20.4. The minimum absolute atomic E-state index is 0.0302. The molecule has 0 bridgehead atoms. The molecule has 0 radical (unpaired) electrons. The number of pyridine rings is 1. The maximum Gasteiger partial charge on any atom is 0.321 e. The summed E-state index contributed by atoms with van der Waals surface area (Å²) >= 11 is 0. The highest BCUT2D eigenvalue weighted by Crippen LogP contribution is 2.35. The first-order chi connectivity index (χ1) is 16.5. The van der Waals surface area contributed by atoms with Crippen LogP contribution in [0.5, 0.6) is 11.6 Å². The number of carbonyl (C=O) groups excluding carboxylic acids is 1. The highest BCUT2D eigenvalue weighted by atomic mass is 19.1. The van der Waals surface area contributed by atoms with Crippen molar-refractivity contribution in [2.45, 2.75) is 18.9 Å². The summed E-state index contributed by atoms with van der Waals surface area (Å²) in [5.74, 6) is -0.371. The molecule has 4 heterocycles. The molecular formula is C24H27F2N5O3. The molecule has 0 atom stereocenters. The van der Waals surface area contributed by atoms with Gasteiger partial charge in [-0.3, -0.25) is 0 Å². The van der Waals surface area contributed by atoms with Gasteiger partial charge in [0.2, 0.25) is 5.75 Å². The molecule has 180 valence electrons. The first kappa shape index (κ1) is 22.4. The van der Waals surface area contributed by atoms with Crippen LogP contribution in [0, 0.1) is 11.6 Å². The monoisotopic (exact) mass is 471 g/mol. The quantitative estimate of drug-likeness (QED) is 0.713. The van der Waals surface area contributed by atoms with Crippen molar-refractivity contribution in [3.05, 3.63) is 47.2 Å². The largest absolute Gasteiger partial charge is 0.483 e. The van der Waals surface area contributed by atoms with Crippen molar-refractivity contribution in [3.63, 3.8) is 0 Å². The van der Waals surface area contributed by atoms with Crippen LogP contribution in [0.4, 0.5) is 25.0 Å². The summed E-state index contributed by atoms with van der Waals surface area (Å²) in [6.45, 7) is 3.31. The molecule has 0 spiro atoms. The number of nitrogens with zero attached hydrogens (tertiary/aromatic N) is 3. The first-order valence-corrected chi connectivity index (χ1v) is 11.4. The van der Waals surface area contributed by atoms with E-state index in [9.17, 15) is 13.6 Å². The Balaban J connectivity index is 1.22. The summed E-state index contributed by atoms with van der Waals surface area (Å²) in [5, 5.41) is 6.01. The van der Waals surface area contributed by atoms with Gasteiger partial charge in [0.05, 0.1) is 11.7 Å². The fourth-order valence-corrected chi connectivity index (χ4v) is 4.26. The molecule has 0 unspecified atom stereocenters. The van der Waals surface area contributed by atoms with Gasteiger partial charge < -0.3 is 29.9 Å². The number of fused-ring (bicyclic) bond motifs is 1. The number of ether oxygens (including phenoxy) is 2. The third-order valence-electron chi connectivity index (χ3n) is 6.50. The summed E-state index contributed by atoms with van der Waals surface area (Å²) in [5.41, 5.74) is 1.91. The highest BCUT2D eigenvalue weighted by Gasteiger charge is 2.25. The minimum atomic E-state index is -0.577. The van der Waals surface area contributed by atoms with E-state index >= 15 is 0 Å². The molecule has 8 nitrogen and oxygen atoms in total. The van der Waals surface area contributed by atoms with Gasteiger partial charge in [-0.25, -0.2) is 18.6 Å². The number of hydrogen-bond acceptors (Lipinski definition) is 6. The topological polar surface area (TPSA) is 79.0 Å². The Bertz CT molecular complexity index is 1090. The zero-order chi connectivity index (χ0) is 23.7. The summed E-state index contributed by atoms with van der Waals surface area (Å²) in [6.07, 6.45) is 4.21. The second-order valence-corrected chi connectivity index (χ2v) is 8.66. The van der Waals surface area contributed by atoms with Gasteiger partial charge in [-0.2, -0.15) is 0 Å². The Morgan fingerprint density at radius 1 is 1.21 bits per heavy atom. The Hall–Kier alpha value is -3.40. The molecule has 1 aromatic carbocycles. The van der Waals surface area contributed by atoms with Gasteiger partial charge in [0.25, 0.3) is 5.88 Å². The minimum Gasteiger partial charge on any atom is -0.483 e. The van der Waals surface area contributed by atoms with Gasteiger partial charge in [0.1, 0.15) is 24.8 Å². The molecule has 34 heavy (non-hydrogen) atoms. The van der Waals surface area contributed by atoms with Crippen LogP contribution in [-0.4, -0.2) is 68.4 Å². The van der Waals surface area contributed by atoms with Gasteiger partial charge in [0, 0.05) is 50.7 Å². The molecule has 0 saturated carbocycles. The van der Waals surface area contributed by atoms with E-state index in [2.05, 4.69) is 15.6 Å². The lowest BCUT2D eigenvalue weighted by Gasteiger charge is -2.37. The number of amides is 2. The van der Waals surface area contributed by atoms with Gasteiger partial charge in [0.15, 0.2) is 0 Å². The number of hydrogen-bond donors (Lipinski definition) is 2. The first-order valence-electron chi connectivity index (χ1n) is 11.4. The maximum absolute atomic E-state index is 14.8. The van der Waals surface area contributed by atoms with Crippen molar-refractivity contribution in [2.75, 3.05) is 56.7 Å². The van der Waals surface area contributed by atoms with Crippen molar-refractivity contribution in [2.24, 2.45) is 0 Å². The standard InChI is InChI=1S/C24H27F2N5O3/c1-30(17-13-27-14-17)16-11-19(25)18(20(26)12-16)10-15-3-6-31(7-4-15)24(32)29-21-2-5-28-23-22(21)33-8-9-34-23/h2,5,10-12,17,27H,3-4,6-9,13-14H2,1H3,(H,28,29,32). The van der Waals surface area contributed by atoms with Crippen molar-refractivity contribution >= 4 is 23.5 Å². The molecule has 2 saturated heterocycles. The van der Waals surface area contributed by atoms with E-state index < -0.39 is 11.6 Å². The van der Waals surface area contributed by atoms with Crippen molar-refractivity contribution < 1.29 is 23.0 Å². The van der Waals surface area contributed by atoms with E-state index in [1.807, 2.05) is 11.9 Å². The second-order valence-electron chi connectivity index (χ2n) is 8.66. The van der Waals surface area contributed by atoms with Crippen molar-refractivity contribution in [1.82, 2.24) is 15.2 Å². The van der Waals surface area contributed by atoms with E-state index in [0.717, 1.165) is 18.7 Å². The summed E-state index contributed by atoms with van der Waals surface area (Å²) < 4.78 is 40.6. The maximum atomic E-state index is 14.8.